The predicted octanol–water partition coefficient (Wildman–Crippen LogP) is 6.65. The van der Waals surface area contributed by atoms with Crippen LogP contribution in [0.25, 0.3) is 0 Å². The molecule has 0 unspecified atom stereocenters. The summed E-state index contributed by atoms with van der Waals surface area (Å²) in [6.45, 7) is 9.02. The van der Waals surface area contributed by atoms with Gasteiger partial charge in [-0.2, -0.15) is 0 Å². The van der Waals surface area contributed by atoms with E-state index < -0.39 is 28.5 Å². The smallest absolute Gasteiger partial charge is 0.264 e. The first-order valence-corrected chi connectivity index (χ1v) is 15.7. The highest BCUT2D eigenvalue weighted by Gasteiger charge is 2.33. The van der Waals surface area contributed by atoms with Crippen LogP contribution in [0.3, 0.4) is 0 Å². The van der Waals surface area contributed by atoms with Gasteiger partial charge in [-0.1, -0.05) is 60.8 Å². The number of rotatable bonds is 11. The lowest BCUT2D eigenvalue weighted by Crippen LogP contribution is -2.51. The lowest BCUT2D eigenvalue weighted by Gasteiger charge is -2.32. The standard InChI is InChI=1S/C30H34Cl3N3O4S/c1-19(2)16-34-30(38)22(5)35(17-26-27(32)7-6-8-28(26)33)29(37)18-36(24-12-9-20(3)21(4)15-24)41(39,40)25-13-10-23(31)11-14-25/h6-15,19,22H,16-18H2,1-5H3,(H,34,38)/t22-/m0/s1. The Kier molecular flexibility index (Phi) is 11.1. The Bertz CT molecular complexity index is 1490. The number of hydrogen-bond donors (Lipinski definition) is 1. The molecule has 11 heteroatoms. The van der Waals surface area contributed by atoms with Crippen LogP contribution >= 0.6 is 34.8 Å². The summed E-state index contributed by atoms with van der Waals surface area (Å²) in [5, 5.41) is 3.87. The molecular formula is C30H34Cl3N3O4S. The number of halogens is 3. The first-order chi connectivity index (χ1) is 19.2. The van der Waals surface area contributed by atoms with Crippen LogP contribution in [-0.2, 0) is 26.2 Å². The number of nitrogens with zero attached hydrogens (tertiary/aromatic N) is 2. The number of aryl methyl sites for hydroxylation is 2. The molecule has 0 bridgehead atoms. The van der Waals surface area contributed by atoms with Gasteiger partial charge in [-0.3, -0.25) is 13.9 Å². The molecule has 2 amide bonds. The number of nitrogens with one attached hydrogen (secondary N) is 1. The fourth-order valence-electron chi connectivity index (χ4n) is 4.03. The van der Waals surface area contributed by atoms with Gasteiger partial charge < -0.3 is 10.2 Å². The summed E-state index contributed by atoms with van der Waals surface area (Å²) in [7, 11) is -4.21. The van der Waals surface area contributed by atoms with Crippen LogP contribution in [0.1, 0.15) is 37.5 Å². The van der Waals surface area contributed by atoms with Crippen LogP contribution in [0.4, 0.5) is 5.69 Å². The molecule has 0 spiro atoms. The maximum absolute atomic E-state index is 14.1. The largest absolute Gasteiger partial charge is 0.354 e. The van der Waals surface area contributed by atoms with Crippen LogP contribution in [0.15, 0.2) is 65.6 Å². The first-order valence-electron chi connectivity index (χ1n) is 13.1. The number of amides is 2. The van der Waals surface area contributed by atoms with Gasteiger partial charge in [-0.15, -0.1) is 0 Å². The van der Waals surface area contributed by atoms with E-state index in [0.29, 0.717) is 32.9 Å². The molecule has 7 nitrogen and oxygen atoms in total. The third-order valence-corrected chi connectivity index (χ3v) is 9.45. The molecule has 0 aliphatic rings. The average Bonchev–Trinajstić information content (AvgIpc) is 2.91. The van der Waals surface area contributed by atoms with E-state index in [1.54, 1.807) is 43.3 Å². The molecular weight excluding hydrogens is 605 g/mol. The Morgan fingerprint density at radius 3 is 2.05 bits per heavy atom. The number of sulfonamides is 1. The van der Waals surface area contributed by atoms with Gasteiger partial charge in [0.25, 0.3) is 10.0 Å². The molecule has 0 aliphatic heterocycles. The van der Waals surface area contributed by atoms with Crippen molar-refractivity contribution in [2.75, 3.05) is 17.4 Å². The van der Waals surface area contributed by atoms with Crippen molar-refractivity contribution in [3.63, 3.8) is 0 Å². The normalized spacial score (nSPS) is 12.2. The van der Waals surface area contributed by atoms with Gasteiger partial charge in [0.05, 0.1) is 10.6 Å². The van der Waals surface area contributed by atoms with Crippen LogP contribution in [0.2, 0.25) is 15.1 Å². The highest BCUT2D eigenvalue weighted by atomic mass is 35.5. The van der Waals surface area contributed by atoms with E-state index in [4.69, 9.17) is 34.8 Å². The minimum atomic E-state index is -4.21. The van der Waals surface area contributed by atoms with Crippen molar-refractivity contribution in [2.24, 2.45) is 5.92 Å². The van der Waals surface area contributed by atoms with Gasteiger partial charge in [0.1, 0.15) is 12.6 Å². The third-order valence-electron chi connectivity index (χ3n) is 6.70. The molecule has 0 saturated heterocycles. The molecule has 220 valence electrons. The van der Waals surface area contributed by atoms with Gasteiger partial charge in [-0.25, -0.2) is 8.42 Å². The predicted molar refractivity (Wildman–Crippen MR) is 166 cm³/mol. The fourth-order valence-corrected chi connectivity index (χ4v) is 6.08. The topological polar surface area (TPSA) is 86.8 Å². The number of carbonyl (C=O) groups excluding carboxylic acids is 2. The molecule has 0 saturated carbocycles. The van der Waals surface area contributed by atoms with Gasteiger partial charge in [0.2, 0.25) is 11.8 Å². The summed E-state index contributed by atoms with van der Waals surface area (Å²) in [6, 6.07) is 14.9. The van der Waals surface area contributed by atoms with E-state index in [1.807, 2.05) is 27.7 Å². The molecule has 0 fully saturated rings. The van der Waals surface area contributed by atoms with Crippen molar-refractivity contribution in [2.45, 2.75) is 52.1 Å². The highest BCUT2D eigenvalue weighted by molar-refractivity contribution is 7.92. The minimum Gasteiger partial charge on any atom is -0.354 e. The van der Waals surface area contributed by atoms with Crippen molar-refractivity contribution in [1.82, 2.24) is 10.2 Å². The Balaban J connectivity index is 2.08. The molecule has 41 heavy (non-hydrogen) atoms. The maximum Gasteiger partial charge on any atom is 0.264 e. The first kappa shape index (κ1) is 32.7. The molecule has 3 rings (SSSR count). The molecule has 0 heterocycles. The Morgan fingerprint density at radius 1 is 0.878 bits per heavy atom. The SMILES string of the molecule is Cc1ccc(N(CC(=O)N(Cc2c(Cl)cccc2Cl)[C@@H](C)C(=O)NCC(C)C)S(=O)(=O)c2ccc(Cl)cc2)cc1C. The zero-order chi connectivity index (χ0) is 30.5. The number of anilines is 1. The summed E-state index contributed by atoms with van der Waals surface area (Å²) in [6.07, 6.45) is 0. The zero-order valence-corrected chi connectivity index (χ0v) is 26.7. The molecule has 1 N–H and O–H groups in total. The molecule has 3 aromatic rings. The summed E-state index contributed by atoms with van der Waals surface area (Å²) >= 11 is 18.9. The molecule has 0 aliphatic carbocycles. The monoisotopic (exact) mass is 637 g/mol. The van der Waals surface area contributed by atoms with Crippen LogP contribution in [0.5, 0.6) is 0 Å². The lowest BCUT2D eigenvalue weighted by atomic mass is 10.1. The van der Waals surface area contributed by atoms with Crippen molar-refractivity contribution in [1.29, 1.82) is 0 Å². The van der Waals surface area contributed by atoms with Crippen molar-refractivity contribution in [3.05, 3.63) is 92.4 Å². The number of benzene rings is 3. The van der Waals surface area contributed by atoms with Crippen LogP contribution in [0, 0.1) is 19.8 Å². The highest BCUT2D eigenvalue weighted by Crippen LogP contribution is 2.29. The van der Waals surface area contributed by atoms with Gasteiger partial charge in [0, 0.05) is 33.7 Å². The van der Waals surface area contributed by atoms with Gasteiger partial charge in [-0.05, 0) is 86.3 Å². The molecule has 0 radical (unpaired) electrons. The van der Waals surface area contributed by atoms with Crippen LogP contribution < -0.4 is 9.62 Å². The third kappa shape index (κ3) is 8.16. The fraction of sp³-hybridized carbons (Fsp3) is 0.333. The summed E-state index contributed by atoms with van der Waals surface area (Å²) in [5.74, 6) is -0.796. The Morgan fingerprint density at radius 2 is 1.49 bits per heavy atom. The summed E-state index contributed by atoms with van der Waals surface area (Å²) in [4.78, 5) is 28.4. The molecule has 3 aromatic carbocycles. The zero-order valence-electron chi connectivity index (χ0n) is 23.6. The van der Waals surface area contributed by atoms with E-state index in [1.165, 1.54) is 29.2 Å². The van der Waals surface area contributed by atoms with E-state index >= 15 is 0 Å². The summed E-state index contributed by atoms with van der Waals surface area (Å²) < 4.78 is 28.9. The number of carbonyl (C=O) groups is 2. The second kappa shape index (κ2) is 13.9. The van der Waals surface area contributed by atoms with Gasteiger partial charge in [0.15, 0.2) is 0 Å². The van der Waals surface area contributed by atoms with E-state index in [2.05, 4.69) is 5.32 Å². The second-order valence-electron chi connectivity index (χ2n) is 10.3. The lowest BCUT2D eigenvalue weighted by molar-refractivity contribution is -0.139. The second-order valence-corrected chi connectivity index (χ2v) is 13.4. The van der Waals surface area contributed by atoms with Crippen molar-refractivity contribution < 1.29 is 18.0 Å². The Hall–Kier alpha value is -2.78. The van der Waals surface area contributed by atoms with Crippen molar-refractivity contribution >= 4 is 62.3 Å². The van der Waals surface area contributed by atoms with E-state index in [0.717, 1.165) is 15.4 Å². The van der Waals surface area contributed by atoms with E-state index in [9.17, 15) is 18.0 Å². The minimum absolute atomic E-state index is 0.0312. The van der Waals surface area contributed by atoms with Crippen LogP contribution in [-0.4, -0.2) is 44.3 Å². The Labute approximate surface area is 257 Å². The molecule has 1 atom stereocenters. The number of hydrogen-bond acceptors (Lipinski definition) is 4. The maximum atomic E-state index is 14.1. The van der Waals surface area contributed by atoms with E-state index in [-0.39, 0.29) is 23.3 Å². The summed E-state index contributed by atoms with van der Waals surface area (Å²) in [5.41, 5.74) is 2.58. The van der Waals surface area contributed by atoms with Gasteiger partial charge >= 0.3 is 0 Å². The quantitative estimate of drug-likeness (QED) is 0.255. The average molecular weight is 639 g/mol. The molecule has 0 aromatic heterocycles. The van der Waals surface area contributed by atoms with Crippen molar-refractivity contribution in [3.8, 4) is 0 Å².